The Morgan fingerprint density at radius 2 is 1.76 bits per heavy atom. The first-order valence-corrected chi connectivity index (χ1v) is 9.73. The largest absolute Gasteiger partial charge is 0.497 e. The summed E-state index contributed by atoms with van der Waals surface area (Å²) < 4.78 is 22.5. The number of halogens is 1. The third-order valence-electron chi connectivity index (χ3n) is 5.39. The molecule has 0 amide bonds. The molecule has 0 aliphatic heterocycles. The van der Waals surface area contributed by atoms with Gasteiger partial charge in [0.2, 0.25) is 0 Å². The van der Waals surface area contributed by atoms with E-state index in [0.29, 0.717) is 5.46 Å². The van der Waals surface area contributed by atoms with Crippen LogP contribution in [0.25, 0.3) is 21.8 Å². The van der Waals surface area contributed by atoms with Crippen LogP contribution in [0, 0.1) is 6.92 Å². The summed E-state index contributed by atoms with van der Waals surface area (Å²) in [7, 11) is 9.55. The Labute approximate surface area is 172 Å². The zero-order valence-corrected chi connectivity index (χ0v) is 17.0. The Kier molecular flexibility index (Phi) is 5.23. The van der Waals surface area contributed by atoms with E-state index < -0.39 is 6.17 Å². The average Bonchev–Trinajstić information content (AvgIpc) is 3.00. The van der Waals surface area contributed by atoms with Gasteiger partial charge in [0.25, 0.3) is 0 Å². The molecule has 3 aromatic carbocycles. The molecule has 0 aliphatic rings. The molecular formula is C24H24BFN2O. The highest BCUT2D eigenvalue weighted by molar-refractivity contribution is 6.33. The van der Waals surface area contributed by atoms with E-state index in [9.17, 15) is 0 Å². The summed E-state index contributed by atoms with van der Waals surface area (Å²) in [6.07, 6.45) is -1.04. The highest BCUT2D eigenvalue weighted by Gasteiger charge is 2.17. The molecule has 0 bridgehead atoms. The molecule has 3 nitrogen and oxygen atoms in total. The molecule has 4 rings (SSSR count). The average molecular weight is 386 g/mol. The molecule has 1 atom stereocenters. The van der Waals surface area contributed by atoms with Crippen molar-refractivity contribution in [3.05, 3.63) is 66.2 Å². The van der Waals surface area contributed by atoms with Crippen LogP contribution in [-0.4, -0.2) is 39.3 Å². The molecular weight excluding hydrogens is 362 g/mol. The smallest absolute Gasteiger partial charge is 0.135 e. The Morgan fingerprint density at radius 1 is 1.03 bits per heavy atom. The van der Waals surface area contributed by atoms with E-state index in [-0.39, 0.29) is 13.1 Å². The minimum atomic E-state index is -1.04. The number of aryl methyl sites for hydroxylation is 1. The van der Waals surface area contributed by atoms with E-state index in [4.69, 9.17) is 12.6 Å². The lowest BCUT2D eigenvalue weighted by atomic mass is 9.94. The summed E-state index contributed by atoms with van der Waals surface area (Å²) in [6, 6.07) is 19.8. The minimum absolute atomic E-state index is 0.279. The van der Waals surface area contributed by atoms with Crippen LogP contribution in [0.1, 0.15) is 5.56 Å². The van der Waals surface area contributed by atoms with Crippen LogP contribution < -0.4 is 15.1 Å². The number of fused-ring (bicyclic) bond motifs is 3. The molecule has 0 spiro atoms. The lowest BCUT2D eigenvalue weighted by Gasteiger charge is -2.23. The Balaban J connectivity index is 1.64. The standard InChI is InChI=1S/C24H24BFN2O/c1-16-7-9-23-21(11-16)22-12-17(25)8-10-24(22)28(23)15-18(26)14-27(2)19-5-4-6-20(13-19)29-3/h4-13,18H,14-15H2,1-3H3. The molecule has 1 aromatic heterocycles. The topological polar surface area (TPSA) is 17.4 Å². The molecule has 0 aliphatic carbocycles. The van der Waals surface area contributed by atoms with Crippen LogP contribution in [0.2, 0.25) is 0 Å². The number of nitrogens with zero attached hydrogens (tertiary/aromatic N) is 2. The number of benzene rings is 3. The van der Waals surface area contributed by atoms with Crippen molar-refractivity contribution in [3.63, 3.8) is 0 Å². The second-order valence-corrected chi connectivity index (χ2v) is 7.59. The number of alkyl halides is 1. The normalized spacial score (nSPS) is 12.4. The van der Waals surface area contributed by atoms with Crippen molar-refractivity contribution >= 4 is 40.8 Å². The Hall–Kier alpha value is -2.95. The summed E-state index contributed by atoms with van der Waals surface area (Å²) in [4.78, 5) is 1.92. The molecule has 1 heterocycles. The van der Waals surface area contributed by atoms with Gasteiger partial charge in [0.05, 0.1) is 20.2 Å². The predicted molar refractivity (Wildman–Crippen MR) is 121 cm³/mol. The minimum Gasteiger partial charge on any atom is -0.497 e. The predicted octanol–water partition coefficient (Wildman–Crippen LogP) is 4.38. The van der Waals surface area contributed by atoms with Crippen molar-refractivity contribution in [1.82, 2.24) is 4.57 Å². The number of ether oxygens (including phenoxy) is 1. The fourth-order valence-corrected chi connectivity index (χ4v) is 3.94. The lowest BCUT2D eigenvalue weighted by molar-refractivity contribution is 0.306. The zero-order chi connectivity index (χ0) is 20.5. The molecule has 0 saturated heterocycles. The second-order valence-electron chi connectivity index (χ2n) is 7.59. The van der Waals surface area contributed by atoms with Crippen molar-refractivity contribution in [2.24, 2.45) is 0 Å². The van der Waals surface area contributed by atoms with Crippen LogP contribution in [0.3, 0.4) is 0 Å². The zero-order valence-electron chi connectivity index (χ0n) is 17.0. The maximum atomic E-state index is 15.2. The lowest BCUT2D eigenvalue weighted by Crippen LogP contribution is -2.29. The van der Waals surface area contributed by atoms with Crippen LogP contribution in [-0.2, 0) is 6.54 Å². The van der Waals surface area contributed by atoms with E-state index in [0.717, 1.165) is 33.2 Å². The van der Waals surface area contributed by atoms with Gasteiger partial charge in [-0.3, -0.25) is 0 Å². The molecule has 1 unspecified atom stereocenters. The van der Waals surface area contributed by atoms with Gasteiger partial charge in [-0.1, -0.05) is 35.3 Å². The van der Waals surface area contributed by atoms with Crippen LogP contribution >= 0.6 is 0 Å². The summed E-state index contributed by atoms with van der Waals surface area (Å²) in [5, 5.41) is 2.18. The fourth-order valence-electron chi connectivity index (χ4n) is 3.94. The fraction of sp³-hybridized carbons (Fsp3) is 0.250. The molecule has 0 fully saturated rings. The van der Waals surface area contributed by atoms with Crippen LogP contribution in [0.4, 0.5) is 10.1 Å². The number of anilines is 1. The Morgan fingerprint density at radius 3 is 2.52 bits per heavy atom. The van der Waals surface area contributed by atoms with Crippen molar-refractivity contribution in [2.45, 2.75) is 19.6 Å². The van der Waals surface area contributed by atoms with Gasteiger partial charge in [-0.15, -0.1) is 0 Å². The van der Waals surface area contributed by atoms with E-state index in [1.165, 1.54) is 5.56 Å². The molecule has 0 N–H and O–H groups in total. The number of rotatable bonds is 6. The maximum absolute atomic E-state index is 15.2. The van der Waals surface area contributed by atoms with Crippen LogP contribution in [0.15, 0.2) is 60.7 Å². The van der Waals surface area contributed by atoms with Crippen molar-refractivity contribution in [1.29, 1.82) is 0 Å². The molecule has 29 heavy (non-hydrogen) atoms. The van der Waals surface area contributed by atoms with E-state index in [1.807, 2.05) is 54.4 Å². The molecule has 4 aromatic rings. The Bertz CT molecular complexity index is 1110. The van der Waals surface area contributed by atoms with Crippen molar-refractivity contribution in [3.8, 4) is 5.75 Å². The number of methoxy groups -OCH3 is 1. The van der Waals surface area contributed by atoms with Gasteiger partial charge in [0, 0.05) is 40.6 Å². The summed E-state index contributed by atoms with van der Waals surface area (Å²) in [6.45, 7) is 2.63. The summed E-state index contributed by atoms with van der Waals surface area (Å²) in [5.41, 5.74) is 4.85. The van der Waals surface area contributed by atoms with Crippen molar-refractivity contribution in [2.75, 3.05) is 25.6 Å². The van der Waals surface area contributed by atoms with Crippen molar-refractivity contribution < 1.29 is 9.13 Å². The van der Waals surface area contributed by atoms with Crippen LogP contribution in [0.5, 0.6) is 5.75 Å². The highest BCUT2D eigenvalue weighted by atomic mass is 19.1. The van der Waals surface area contributed by atoms with E-state index in [1.54, 1.807) is 7.11 Å². The number of hydrogen-bond acceptors (Lipinski definition) is 2. The van der Waals surface area contributed by atoms with Gasteiger partial charge in [0.1, 0.15) is 19.8 Å². The second kappa shape index (κ2) is 7.82. The molecule has 2 radical (unpaired) electrons. The third-order valence-corrected chi connectivity index (χ3v) is 5.39. The SMILES string of the molecule is [B]c1ccc2c(c1)c1cc(C)ccc1n2CC(F)CN(C)c1cccc(OC)c1. The third kappa shape index (κ3) is 3.82. The van der Waals surface area contributed by atoms with Gasteiger partial charge in [0.15, 0.2) is 0 Å². The first-order chi connectivity index (χ1) is 14.0. The quantitative estimate of drug-likeness (QED) is 0.458. The summed E-state index contributed by atoms with van der Waals surface area (Å²) >= 11 is 0. The highest BCUT2D eigenvalue weighted by Crippen LogP contribution is 2.30. The van der Waals surface area contributed by atoms with Gasteiger partial charge >= 0.3 is 0 Å². The maximum Gasteiger partial charge on any atom is 0.135 e. The summed E-state index contributed by atoms with van der Waals surface area (Å²) in [5.74, 6) is 0.764. The first-order valence-electron chi connectivity index (χ1n) is 9.73. The van der Waals surface area contributed by atoms with Gasteiger partial charge in [-0.05, 0) is 37.3 Å². The van der Waals surface area contributed by atoms with Gasteiger partial charge in [-0.2, -0.15) is 0 Å². The molecule has 146 valence electrons. The van der Waals surface area contributed by atoms with E-state index >= 15 is 4.39 Å². The molecule has 5 heteroatoms. The monoisotopic (exact) mass is 386 g/mol. The first kappa shape index (κ1) is 19.4. The molecule has 0 saturated carbocycles. The number of hydrogen-bond donors (Lipinski definition) is 0. The van der Waals surface area contributed by atoms with Gasteiger partial charge < -0.3 is 14.2 Å². The van der Waals surface area contributed by atoms with E-state index in [2.05, 4.69) is 29.7 Å². The van der Waals surface area contributed by atoms with Gasteiger partial charge in [-0.25, -0.2) is 4.39 Å². The number of aromatic nitrogens is 1.